The lowest BCUT2D eigenvalue weighted by molar-refractivity contribution is 0.527. The summed E-state index contributed by atoms with van der Waals surface area (Å²) in [5.41, 5.74) is 0. The Labute approximate surface area is 119 Å². The van der Waals surface area contributed by atoms with Gasteiger partial charge in [0.05, 0.1) is 6.26 Å². The highest BCUT2D eigenvalue weighted by molar-refractivity contribution is 7.88. The summed E-state index contributed by atoms with van der Waals surface area (Å²) in [5, 5.41) is 0. The standard InChI is InChI=1S/C6H14.C3H9NO2S.C2H6.3CH4/c1-3-5-6-4-2;1-4(2)7(3,5)6;1-2;;;/h3-6H2,1-2H3;1-3H3;1-2H3;3*1H4. The highest BCUT2D eigenvalue weighted by Gasteiger charge is 2.00. The van der Waals surface area contributed by atoms with Gasteiger partial charge in [0, 0.05) is 14.1 Å². The molecule has 0 radical (unpaired) electrons. The van der Waals surface area contributed by atoms with E-state index >= 15 is 0 Å². The van der Waals surface area contributed by atoms with Crippen molar-refractivity contribution in [2.24, 2.45) is 0 Å². The summed E-state index contributed by atoms with van der Waals surface area (Å²) < 4.78 is 21.7. The molecule has 0 fully saturated rings. The highest BCUT2D eigenvalue weighted by atomic mass is 32.2. The van der Waals surface area contributed by atoms with Gasteiger partial charge in [-0.3, -0.25) is 0 Å². The zero-order valence-corrected chi connectivity index (χ0v) is 12.3. The maximum Gasteiger partial charge on any atom is 0.210 e. The molecule has 0 amide bonds. The van der Waals surface area contributed by atoms with Crippen LogP contribution in [0.4, 0.5) is 0 Å². The molecule has 0 unspecified atom stereocenters. The zero-order chi connectivity index (χ0) is 12.9. The fourth-order valence-corrected chi connectivity index (χ4v) is 0.500. The van der Waals surface area contributed by atoms with Gasteiger partial charge in [-0.1, -0.05) is 75.7 Å². The number of nitrogens with zero attached hydrogens (tertiary/aromatic N) is 1. The molecule has 120 valence electrons. The number of sulfonamides is 1. The van der Waals surface area contributed by atoms with Crippen molar-refractivity contribution in [1.82, 2.24) is 4.31 Å². The van der Waals surface area contributed by atoms with E-state index in [1.54, 1.807) is 0 Å². The minimum Gasteiger partial charge on any atom is -0.213 e. The quantitative estimate of drug-likeness (QED) is 0.680. The van der Waals surface area contributed by atoms with Gasteiger partial charge in [-0.15, -0.1) is 0 Å². The Morgan fingerprint density at radius 3 is 1.06 bits per heavy atom. The average molecular weight is 288 g/mol. The predicted molar refractivity (Wildman–Crippen MR) is 89.9 cm³/mol. The van der Waals surface area contributed by atoms with Gasteiger partial charge in [0.1, 0.15) is 0 Å². The summed E-state index contributed by atoms with van der Waals surface area (Å²) >= 11 is 0. The Hall–Kier alpha value is -0.0900. The Balaban J connectivity index is -0.0000000307. The van der Waals surface area contributed by atoms with Gasteiger partial charge in [-0.25, -0.2) is 12.7 Å². The molecular formula is C14H41NO2S. The largest absolute Gasteiger partial charge is 0.213 e. The normalized spacial score (nSPS) is 8.22. The molecule has 0 N–H and O–H groups in total. The van der Waals surface area contributed by atoms with Gasteiger partial charge in [-0.2, -0.15) is 0 Å². The van der Waals surface area contributed by atoms with Crippen molar-refractivity contribution in [2.75, 3.05) is 20.4 Å². The van der Waals surface area contributed by atoms with Crippen molar-refractivity contribution in [1.29, 1.82) is 0 Å². The van der Waals surface area contributed by atoms with Crippen LogP contribution in [-0.2, 0) is 10.0 Å². The molecule has 0 rings (SSSR count). The Morgan fingerprint density at radius 2 is 1.00 bits per heavy atom. The maximum atomic E-state index is 10.3. The minimum absolute atomic E-state index is 0. The van der Waals surface area contributed by atoms with Crippen LogP contribution in [-0.4, -0.2) is 33.1 Å². The van der Waals surface area contributed by atoms with Crippen LogP contribution in [0.1, 0.15) is 75.7 Å². The van der Waals surface area contributed by atoms with E-state index in [1.807, 2.05) is 13.8 Å². The van der Waals surface area contributed by atoms with E-state index in [0.717, 1.165) is 10.6 Å². The first kappa shape index (κ1) is 36.1. The molecule has 0 aliphatic heterocycles. The van der Waals surface area contributed by atoms with E-state index in [2.05, 4.69) is 13.8 Å². The van der Waals surface area contributed by atoms with Crippen molar-refractivity contribution < 1.29 is 8.42 Å². The first-order valence-corrected chi connectivity index (χ1v) is 7.58. The van der Waals surface area contributed by atoms with E-state index in [0.29, 0.717) is 0 Å². The van der Waals surface area contributed by atoms with Crippen molar-refractivity contribution in [3.63, 3.8) is 0 Å². The molecule has 0 aliphatic carbocycles. The average Bonchev–Trinajstić information content (AvgIpc) is 2.17. The van der Waals surface area contributed by atoms with E-state index in [9.17, 15) is 8.42 Å². The van der Waals surface area contributed by atoms with Crippen LogP contribution >= 0.6 is 0 Å². The Bertz CT molecular complexity index is 184. The van der Waals surface area contributed by atoms with Gasteiger partial charge in [-0.05, 0) is 0 Å². The maximum absolute atomic E-state index is 10.3. The molecule has 0 heterocycles. The molecule has 0 spiro atoms. The smallest absolute Gasteiger partial charge is 0.210 e. The lowest BCUT2D eigenvalue weighted by Gasteiger charge is -2.02. The summed E-state index contributed by atoms with van der Waals surface area (Å²) in [4.78, 5) is 0. The van der Waals surface area contributed by atoms with Crippen LogP contribution in [0.15, 0.2) is 0 Å². The lowest BCUT2D eigenvalue weighted by atomic mass is 10.2. The molecule has 0 bridgehead atoms. The third-order valence-corrected chi connectivity index (χ3v) is 2.95. The fourth-order valence-electron chi connectivity index (χ4n) is 0.500. The number of hydrogen-bond donors (Lipinski definition) is 0. The molecular weight excluding hydrogens is 246 g/mol. The molecule has 18 heavy (non-hydrogen) atoms. The summed E-state index contributed by atoms with van der Waals surface area (Å²) in [6.45, 7) is 8.46. The molecule has 0 aromatic carbocycles. The predicted octanol–water partition coefficient (Wildman–Crippen LogP) is 5.03. The Morgan fingerprint density at radius 1 is 0.833 bits per heavy atom. The number of rotatable bonds is 4. The first-order valence-electron chi connectivity index (χ1n) is 5.73. The van der Waals surface area contributed by atoms with E-state index < -0.39 is 10.0 Å². The summed E-state index contributed by atoms with van der Waals surface area (Å²) in [6.07, 6.45) is 6.70. The van der Waals surface area contributed by atoms with Crippen LogP contribution in [0.2, 0.25) is 0 Å². The van der Waals surface area contributed by atoms with Gasteiger partial charge < -0.3 is 0 Å². The van der Waals surface area contributed by atoms with Gasteiger partial charge in [0.2, 0.25) is 10.0 Å². The molecule has 0 aromatic rings. The molecule has 0 aliphatic rings. The molecule has 0 atom stereocenters. The SMILES string of the molecule is C.C.C.CC.CCCCCC.CN(C)S(C)(=O)=O. The molecule has 0 aromatic heterocycles. The summed E-state index contributed by atoms with van der Waals surface area (Å²) in [5.74, 6) is 0. The third-order valence-electron chi connectivity index (χ3n) is 1.62. The molecule has 0 saturated carbocycles. The summed E-state index contributed by atoms with van der Waals surface area (Å²) in [7, 11) is 0.0833. The first-order chi connectivity index (χ1) is 6.86. The second-order valence-corrected chi connectivity index (χ2v) is 5.45. The molecule has 3 nitrogen and oxygen atoms in total. The molecule has 0 saturated heterocycles. The van der Waals surface area contributed by atoms with Crippen LogP contribution in [0, 0.1) is 0 Å². The van der Waals surface area contributed by atoms with Crippen LogP contribution < -0.4 is 0 Å². The van der Waals surface area contributed by atoms with Crippen LogP contribution in [0.5, 0.6) is 0 Å². The lowest BCUT2D eigenvalue weighted by Crippen LogP contribution is -2.19. The topological polar surface area (TPSA) is 37.4 Å². The Kier molecular flexibility index (Phi) is 51.5. The second-order valence-electron chi connectivity index (χ2n) is 3.25. The highest BCUT2D eigenvalue weighted by Crippen LogP contribution is 1.95. The van der Waals surface area contributed by atoms with E-state index in [4.69, 9.17) is 0 Å². The van der Waals surface area contributed by atoms with E-state index in [1.165, 1.54) is 39.8 Å². The van der Waals surface area contributed by atoms with Crippen LogP contribution in [0.3, 0.4) is 0 Å². The van der Waals surface area contributed by atoms with E-state index in [-0.39, 0.29) is 22.3 Å². The third kappa shape index (κ3) is 44.6. The van der Waals surface area contributed by atoms with Gasteiger partial charge >= 0.3 is 0 Å². The zero-order valence-electron chi connectivity index (χ0n) is 11.5. The number of hydrogen-bond acceptors (Lipinski definition) is 2. The van der Waals surface area contributed by atoms with Gasteiger partial charge in [0.15, 0.2) is 0 Å². The van der Waals surface area contributed by atoms with Crippen LogP contribution in [0.25, 0.3) is 0 Å². The monoisotopic (exact) mass is 287 g/mol. The summed E-state index contributed by atoms with van der Waals surface area (Å²) in [6, 6.07) is 0. The number of unbranched alkanes of at least 4 members (excludes halogenated alkanes) is 3. The second kappa shape index (κ2) is 25.7. The van der Waals surface area contributed by atoms with Crippen molar-refractivity contribution in [3.05, 3.63) is 0 Å². The molecule has 4 heteroatoms. The van der Waals surface area contributed by atoms with Crippen molar-refractivity contribution in [2.45, 2.75) is 75.7 Å². The van der Waals surface area contributed by atoms with Crippen molar-refractivity contribution in [3.8, 4) is 0 Å². The minimum atomic E-state index is -2.91. The van der Waals surface area contributed by atoms with Crippen molar-refractivity contribution >= 4 is 10.0 Å². The van der Waals surface area contributed by atoms with Gasteiger partial charge in [0.25, 0.3) is 0 Å². The fraction of sp³-hybridized carbons (Fsp3) is 1.00.